The number of hydrogen-bond acceptors (Lipinski definition) is 4. The third-order valence-corrected chi connectivity index (χ3v) is 4.95. The van der Waals surface area contributed by atoms with E-state index >= 15 is 0 Å². The molecule has 0 bridgehead atoms. The molecular weight excluding hydrogens is 332 g/mol. The van der Waals surface area contributed by atoms with E-state index in [-0.39, 0.29) is 11.8 Å². The number of rotatable bonds is 3. The number of aryl methyl sites for hydroxylation is 2. The fourth-order valence-corrected chi connectivity index (χ4v) is 3.32. The van der Waals surface area contributed by atoms with Gasteiger partial charge in [-0.3, -0.25) is 9.59 Å². The number of ether oxygens (including phenoxy) is 1. The summed E-state index contributed by atoms with van der Waals surface area (Å²) in [5.74, 6) is 2.02. The molecule has 0 spiro atoms. The highest BCUT2D eigenvalue weighted by molar-refractivity contribution is 5.97. The maximum absolute atomic E-state index is 12.8. The van der Waals surface area contributed by atoms with Crippen LogP contribution in [0.2, 0.25) is 0 Å². The fourth-order valence-electron chi connectivity index (χ4n) is 3.32. The molecule has 2 amide bonds. The van der Waals surface area contributed by atoms with Gasteiger partial charge in [0.05, 0.1) is 12.7 Å². The van der Waals surface area contributed by atoms with Crippen molar-refractivity contribution in [2.45, 2.75) is 20.8 Å². The van der Waals surface area contributed by atoms with Crippen LogP contribution in [-0.2, 0) is 0 Å². The molecule has 1 saturated heterocycles. The minimum Gasteiger partial charge on any atom is -0.497 e. The molecule has 1 aromatic heterocycles. The first-order valence-corrected chi connectivity index (χ1v) is 8.71. The van der Waals surface area contributed by atoms with Gasteiger partial charge in [-0.05, 0) is 39.0 Å². The molecule has 1 fully saturated rings. The van der Waals surface area contributed by atoms with E-state index < -0.39 is 0 Å². The predicted molar refractivity (Wildman–Crippen MR) is 97.7 cm³/mol. The summed E-state index contributed by atoms with van der Waals surface area (Å²) >= 11 is 0. The van der Waals surface area contributed by atoms with Crippen LogP contribution >= 0.6 is 0 Å². The Balaban J connectivity index is 1.67. The van der Waals surface area contributed by atoms with Gasteiger partial charge in [0.1, 0.15) is 17.3 Å². The van der Waals surface area contributed by atoms with E-state index in [9.17, 15) is 9.59 Å². The Hall–Kier alpha value is -2.76. The van der Waals surface area contributed by atoms with Crippen LogP contribution in [0.1, 0.15) is 37.8 Å². The summed E-state index contributed by atoms with van der Waals surface area (Å²) in [6.45, 7) is 7.63. The van der Waals surface area contributed by atoms with Crippen molar-refractivity contribution in [3.63, 3.8) is 0 Å². The average molecular weight is 356 g/mol. The minimum absolute atomic E-state index is 0.0228. The van der Waals surface area contributed by atoms with E-state index in [0.29, 0.717) is 48.8 Å². The number of furan rings is 1. The smallest absolute Gasteiger partial charge is 0.257 e. The molecule has 3 rings (SSSR count). The van der Waals surface area contributed by atoms with Crippen molar-refractivity contribution in [1.29, 1.82) is 0 Å². The lowest BCUT2D eigenvalue weighted by molar-refractivity contribution is 0.0534. The lowest BCUT2D eigenvalue weighted by Gasteiger charge is -2.35. The van der Waals surface area contributed by atoms with Crippen LogP contribution in [-0.4, -0.2) is 54.9 Å². The Morgan fingerprint density at radius 3 is 2.12 bits per heavy atom. The Labute approximate surface area is 153 Å². The standard InChI is InChI=1S/C20H24N2O4/c1-13-14(2)26-15(3)18(13)20(24)22-10-8-21(9-11-22)19(23)16-6-5-7-17(12-16)25-4/h5-7,12H,8-11H2,1-4H3. The van der Waals surface area contributed by atoms with Crippen molar-refractivity contribution in [3.8, 4) is 5.75 Å². The summed E-state index contributed by atoms with van der Waals surface area (Å²) in [5, 5.41) is 0. The van der Waals surface area contributed by atoms with E-state index in [1.54, 1.807) is 35.1 Å². The number of amides is 2. The Kier molecular flexibility index (Phi) is 5.02. The maximum atomic E-state index is 12.8. The molecule has 138 valence electrons. The summed E-state index contributed by atoms with van der Waals surface area (Å²) in [5.41, 5.74) is 2.14. The topological polar surface area (TPSA) is 63.0 Å². The van der Waals surface area contributed by atoms with Crippen LogP contribution < -0.4 is 4.74 Å². The van der Waals surface area contributed by atoms with Crippen molar-refractivity contribution in [1.82, 2.24) is 9.80 Å². The summed E-state index contributed by atoms with van der Waals surface area (Å²) in [6.07, 6.45) is 0. The molecule has 1 aliphatic rings. The highest BCUT2D eigenvalue weighted by Gasteiger charge is 2.28. The van der Waals surface area contributed by atoms with Crippen molar-refractivity contribution in [3.05, 3.63) is 52.5 Å². The third kappa shape index (κ3) is 3.31. The molecule has 26 heavy (non-hydrogen) atoms. The minimum atomic E-state index is -0.0393. The second kappa shape index (κ2) is 7.23. The first kappa shape index (κ1) is 18.0. The number of nitrogens with zero attached hydrogens (tertiary/aromatic N) is 2. The van der Waals surface area contributed by atoms with Crippen LogP contribution in [0.15, 0.2) is 28.7 Å². The van der Waals surface area contributed by atoms with Gasteiger partial charge in [-0.25, -0.2) is 0 Å². The van der Waals surface area contributed by atoms with Crippen molar-refractivity contribution >= 4 is 11.8 Å². The monoisotopic (exact) mass is 356 g/mol. The fraction of sp³-hybridized carbons (Fsp3) is 0.400. The summed E-state index contributed by atoms with van der Waals surface area (Å²) in [7, 11) is 1.58. The normalized spacial score (nSPS) is 14.5. The zero-order valence-corrected chi connectivity index (χ0v) is 15.7. The van der Waals surface area contributed by atoms with Gasteiger partial charge in [-0.2, -0.15) is 0 Å². The van der Waals surface area contributed by atoms with Crippen LogP contribution in [0.5, 0.6) is 5.75 Å². The molecule has 2 heterocycles. The lowest BCUT2D eigenvalue weighted by atomic mass is 10.1. The van der Waals surface area contributed by atoms with Crippen LogP contribution in [0.25, 0.3) is 0 Å². The van der Waals surface area contributed by atoms with Crippen molar-refractivity contribution in [2.75, 3.05) is 33.3 Å². The maximum Gasteiger partial charge on any atom is 0.257 e. The number of carbonyl (C=O) groups excluding carboxylic acids is 2. The van der Waals surface area contributed by atoms with Gasteiger partial charge in [0.25, 0.3) is 11.8 Å². The van der Waals surface area contributed by atoms with E-state index in [1.165, 1.54) is 0 Å². The van der Waals surface area contributed by atoms with E-state index in [2.05, 4.69) is 0 Å². The van der Waals surface area contributed by atoms with Gasteiger partial charge in [0.2, 0.25) is 0 Å². The van der Waals surface area contributed by atoms with Gasteiger partial charge in [-0.15, -0.1) is 0 Å². The molecule has 0 unspecified atom stereocenters. The zero-order valence-electron chi connectivity index (χ0n) is 15.7. The van der Waals surface area contributed by atoms with Crippen LogP contribution in [0.4, 0.5) is 0 Å². The van der Waals surface area contributed by atoms with Gasteiger partial charge in [-0.1, -0.05) is 6.07 Å². The largest absolute Gasteiger partial charge is 0.497 e. The molecular formula is C20H24N2O4. The molecule has 0 aliphatic carbocycles. The van der Waals surface area contributed by atoms with Crippen molar-refractivity contribution in [2.24, 2.45) is 0 Å². The highest BCUT2D eigenvalue weighted by Crippen LogP contribution is 2.23. The number of methoxy groups -OCH3 is 1. The molecule has 1 aromatic carbocycles. The van der Waals surface area contributed by atoms with Crippen LogP contribution in [0, 0.1) is 20.8 Å². The Morgan fingerprint density at radius 1 is 0.962 bits per heavy atom. The van der Waals surface area contributed by atoms with E-state index in [0.717, 1.165) is 11.3 Å². The van der Waals surface area contributed by atoms with Gasteiger partial charge in [0.15, 0.2) is 0 Å². The molecule has 0 atom stereocenters. The van der Waals surface area contributed by atoms with E-state index in [4.69, 9.17) is 9.15 Å². The second-order valence-corrected chi connectivity index (χ2v) is 6.53. The Bertz CT molecular complexity index is 832. The first-order chi connectivity index (χ1) is 12.4. The van der Waals surface area contributed by atoms with Gasteiger partial charge < -0.3 is 19.0 Å². The zero-order chi connectivity index (χ0) is 18.8. The summed E-state index contributed by atoms with van der Waals surface area (Å²) < 4.78 is 10.8. The lowest BCUT2D eigenvalue weighted by Crippen LogP contribution is -2.50. The molecule has 0 radical (unpaired) electrons. The number of hydrogen-bond donors (Lipinski definition) is 0. The first-order valence-electron chi connectivity index (χ1n) is 8.71. The molecule has 6 nitrogen and oxygen atoms in total. The SMILES string of the molecule is COc1cccc(C(=O)N2CCN(C(=O)c3c(C)oc(C)c3C)CC2)c1. The molecule has 1 aliphatic heterocycles. The second-order valence-electron chi connectivity index (χ2n) is 6.53. The molecule has 6 heteroatoms. The summed E-state index contributed by atoms with van der Waals surface area (Å²) in [6, 6.07) is 7.13. The van der Waals surface area contributed by atoms with Gasteiger partial charge >= 0.3 is 0 Å². The number of piperazine rings is 1. The average Bonchev–Trinajstić information content (AvgIpc) is 2.92. The third-order valence-electron chi connectivity index (χ3n) is 4.95. The van der Waals surface area contributed by atoms with E-state index in [1.807, 2.05) is 26.8 Å². The molecule has 2 aromatic rings. The predicted octanol–water partition coefficient (Wildman–Crippen LogP) is 2.81. The highest BCUT2D eigenvalue weighted by atomic mass is 16.5. The summed E-state index contributed by atoms with van der Waals surface area (Å²) in [4.78, 5) is 29.1. The molecule has 0 N–H and O–H groups in total. The Morgan fingerprint density at radius 2 is 1.58 bits per heavy atom. The van der Waals surface area contributed by atoms with Crippen molar-refractivity contribution < 1.29 is 18.7 Å². The molecule has 0 saturated carbocycles. The van der Waals surface area contributed by atoms with Crippen LogP contribution in [0.3, 0.4) is 0 Å². The number of carbonyl (C=O) groups is 2. The number of benzene rings is 1. The van der Waals surface area contributed by atoms with Gasteiger partial charge in [0, 0.05) is 37.3 Å². The quantitative estimate of drug-likeness (QED) is 0.848.